The van der Waals surface area contributed by atoms with Gasteiger partial charge in [-0.2, -0.15) is 0 Å². The summed E-state index contributed by atoms with van der Waals surface area (Å²) < 4.78 is 5.92. The smallest absolute Gasteiger partial charge is 0.306 e. The molecule has 3 N–H and O–H groups in total. The molecule has 62 heavy (non-hydrogen) atoms. The van der Waals surface area contributed by atoms with Crippen molar-refractivity contribution in [1.29, 1.82) is 0 Å². The first-order chi connectivity index (χ1) is 30.5. The first-order valence-corrected chi connectivity index (χ1v) is 26.2. The second kappa shape index (κ2) is 49.3. The molecule has 0 spiro atoms. The number of rotatable bonds is 46. The highest BCUT2D eigenvalue weighted by Gasteiger charge is 2.24. The van der Waals surface area contributed by atoms with E-state index < -0.39 is 18.2 Å². The Kier molecular flexibility index (Phi) is 47.2. The molecule has 0 heterocycles. The van der Waals surface area contributed by atoms with Gasteiger partial charge in [0.05, 0.1) is 25.2 Å². The maximum Gasteiger partial charge on any atom is 0.306 e. The van der Waals surface area contributed by atoms with Crippen LogP contribution in [0.1, 0.15) is 245 Å². The Morgan fingerprint density at radius 2 is 0.935 bits per heavy atom. The quantitative estimate of drug-likeness (QED) is 0.0245. The van der Waals surface area contributed by atoms with Crippen molar-refractivity contribution in [2.75, 3.05) is 6.61 Å². The summed E-state index contributed by atoms with van der Waals surface area (Å²) in [5.74, 6) is -0.523. The Morgan fingerprint density at radius 3 is 1.47 bits per heavy atom. The van der Waals surface area contributed by atoms with Crippen LogP contribution in [0.15, 0.2) is 72.9 Å². The lowest BCUT2D eigenvalue weighted by Gasteiger charge is -2.24. The molecule has 0 fully saturated rings. The van der Waals surface area contributed by atoms with Gasteiger partial charge in [0.1, 0.15) is 6.10 Å². The second-order valence-electron chi connectivity index (χ2n) is 17.6. The van der Waals surface area contributed by atoms with Crippen LogP contribution in [0.25, 0.3) is 0 Å². The van der Waals surface area contributed by atoms with E-state index in [0.717, 1.165) is 96.3 Å². The molecule has 6 heteroatoms. The summed E-state index contributed by atoms with van der Waals surface area (Å²) in [5.41, 5.74) is 0. The van der Waals surface area contributed by atoms with Crippen molar-refractivity contribution in [1.82, 2.24) is 5.32 Å². The number of aliphatic hydroxyl groups excluding tert-OH is 2. The van der Waals surface area contributed by atoms with Crippen molar-refractivity contribution in [3.63, 3.8) is 0 Å². The van der Waals surface area contributed by atoms with Gasteiger partial charge in [-0.15, -0.1) is 0 Å². The van der Waals surface area contributed by atoms with Crippen LogP contribution in [0, 0.1) is 0 Å². The molecular formula is C56H99NO5. The number of carbonyl (C=O) groups excluding carboxylic acids is 2. The Hall–Kier alpha value is -2.70. The number of aliphatic hydroxyl groups is 2. The molecule has 0 saturated heterocycles. The molecule has 3 unspecified atom stereocenters. The normalized spacial score (nSPS) is 13.8. The van der Waals surface area contributed by atoms with Gasteiger partial charge >= 0.3 is 5.97 Å². The third-order valence-electron chi connectivity index (χ3n) is 11.6. The fourth-order valence-electron chi connectivity index (χ4n) is 7.62. The maximum atomic E-state index is 13.2. The minimum atomic E-state index is -0.801. The van der Waals surface area contributed by atoms with E-state index in [1.54, 1.807) is 0 Å². The summed E-state index contributed by atoms with van der Waals surface area (Å²) in [4.78, 5) is 26.2. The largest absolute Gasteiger partial charge is 0.462 e. The van der Waals surface area contributed by atoms with Gasteiger partial charge in [-0.25, -0.2) is 0 Å². The van der Waals surface area contributed by atoms with Gasteiger partial charge in [-0.05, 0) is 83.5 Å². The molecule has 6 nitrogen and oxygen atoms in total. The minimum Gasteiger partial charge on any atom is -0.462 e. The predicted octanol–water partition coefficient (Wildman–Crippen LogP) is 15.8. The zero-order valence-corrected chi connectivity index (χ0v) is 40.7. The summed E-state index contributed by atoms with van der Waals surface area (Å²) in [7, 11) is 0. The van der Waals surface area contributed by atoms with Crippen molar-refractivity contribution in [3.8, 4) is 0 Å². The van der Waals surface area contributed by atoms with Gasteiger partial charge in [0, 0.05) is 6.42 Å². The number of ether oxygens (including phenoxy) is 1. The molecule has 1 amide bonds. The van der Waals surface area contributed by atoms with Crippen LogP contribution in [0.5, 0.6) is 0 Å². The van der Waals surface area contributed by atoms with E-state index in [2.05, 4.69) is 99.0 Å². The van der Waals surface area contributed by atoms with E-state index in [0.29, 0.717) is 19.3 Å². The molecule has 0 aromatic heterocycles. The molecule has 358 valence electrons. The fourth-order valence-corrected chi connectivity index (χ4v) is 7.62. The van der Waals surface area contributed by atoms with Gasteiger partial charge < -0.3 is 20.3 Å². The van der Waals surface area contributed by atoms with E-state index in [1.807, 2.05) is 0 Å². The molecule has 0 rings (SSSR count). The van der Waals surface area contributed by atoms with Crippen LogP contribution in [-0.4, -0.2) is 46.9 Å². The number of allylic oxidation sites excluding steroid dienone is 12. The Morgan fingerprint density at radius 1 is 0.500 bits per heavy atom. The maximum absolute atomic E-state index is 13.2. The van der Waals surface area contributed by atoms with Crippen LogP contribution >= 0.6 is 0 Å². The molecule has 3 atom stereocenters. The molecule has 0 saturated carbocycles. The summed E-state index contributed by atoms with van der Waals surface area (Å²) in [5, 5.41) is 23.7. The van der Waals surface area contributed by atoms with Crippen molar-refractivity contribution in [2.45, 2.75) is 264 Å². The number of nitrogens with one attached hydrogen (secondary N) is 1. The van der Waals surface area contributed by atoms with Crippen LogP contribution in [0.4, 0.5) is 0 Å². The average molecular weight is 866 g/mol. The molecule has 0 aliphatic carbocycles. The number of hydrogen-bond donors (Lipinski definition) is 3. The van der Waals surface area contributed by atoms with Crippen molar-refractivity contribution < 1.29 is 24.5 Å². The number of esters is 1. The lowest BCUT2D eigenvalue weighted by molar-refractivity contribution is -0.151. The molecule has 0 aromatic rings. The Bertz CT molecular complexity index is 1150. The second-order valence-corrected chi connectivity index (χ2v) is 17.6. The lowest BCUT2D eigenvalue weighted by Crippen LogP contribution is -2.46. The first kappa shape index (κ1) is 59.3. The zero-order valence-electron chi connectivity index (χ0n) is 40.7. The van der Waals surface area contributed by atoms with Crippen LogP contribution in [0.2, 0.25) is 0 Å². The average Bonchev–Trinajstić information content (AvgIpc) is 3.26. The van der Waals surface area contributed by atoms with Crippen molar-refractivity contribution in [2.24, 2.45) is 0 Å². The van der Waals surface area contributed by atoms with Crippen molar-refractivity contribution in [3.05, 3.63) is 72.9 Å². The van der Waals surface area contributed by atoms with Crippen LogP contribution in [-0.2, 0) is 14.3 Å². The third kappa shape index (κ3) is 43.9. The lowest BCUT2D eigenvalue weighted by atomic mass is 10.0. The Labute approximate surface area is 383 Å². The molecule has 0 bridgehead atoms. The van der Waals surface area contributed by atoms with Crippen LogP contribution in [0.3, 0.4) is 0 Å². The number of carbonyl (C=O) groups is 2. The zero-order chi connectivity index (χ0) is 45.2. The van der Waals surface area contributed by atoms with Gasteiger partial charge in [-0.1, -0.05) is 222 Å². The van der Waals surface area contributed by atoms with Gasteiger partial charge in [0.15, 0.2) is 0 Å². The summed E-state index contributed by atoms with van der Waals surface area (Å²) in [6, 6.07) is -0.718. The van der Waals surface area contributed by atoms with E-state index >= 15 is 0 Å². The SMILES string of the molecule is CC/C=C/C/C=C/C/C=C/CCCCCCCCC(=O)OC(CCCCC/C=C/C=C/C=C/CCCCCCC)CC(=O)NC(CO)C(O)CCCCCCCCCCCCC. The molecule has 0 aromatic carbocycles. The molecule has 0 aliphatic heterocycles. The highest BCUT2D eigenvalue weighted by molar-refractivity contribution is 5.77. The van der Waals surface area contributed by atoms with Gasteiger partial charge in [-0.3, -0.25) is 9.59 Å². The van der Waals surface area contributed by atoms with Gasteiger partial charge in [0.2, 0.25) is 5.91 Å². The van der Waals surface area contributed by atoms with Gasteiger partial charge in [0.25, 0.3) is 0 Å². The predicted molar refractivity (Wildman–Crippen MR) is 268 cm³/mol. The standard InChI is InChI=1S/C56H99NO5/c1-4-7-10-13-16-19-22-24-26-28-30-33-35-38-41-44-47-52(62-56(61)49-46-43-40-37-34-31-29-27-25-23-20-17-14-11-8-5-2)50-55(60)57-53(51-58)54(59)48-45-42-39-36-32-21-18-15-12-9-6-3/h8,11,17,20,22,24-28,30,33,52-54,58-59H,4-7,9-10,12-16,18-19,21,23,29,31-32,34-51H2,1-3H3,(H,57,60)/b11-8+,20-17+,24-22+,27-25+,28-26+,33-30+. The number of unbranched alkanes of at least 4 members (excludes halogenated alkanes) is 24. The monoisotopic (exact) mass is 866 g/mol. The summed E-state index contributed by atoms with van der Waals surface area (Å²) in [6.07, 6.45) is 62.4. The van der Waals surface area contributed by atoms with E-state index in [-0.39, 0.29) is 24.9 Å². The van der Waals surface area contributed by atoms with E-state index in [1.165, 1.54) is 103 Å². The molecule has 0 aliphatic rings. The first-order valence-electron chi connectivity index (χ1n) is 26.2. The number of hydrogen-bond acceptors (Lipinski definition) is 5. The number of amides is 1. The highest BCUT2D eigenvalue weighted by atomic mass is 16.5. The van der Waals surface area contributed by atoms with E-state index in [9.17, 15) is 19.8 Å². The topological polar surface area (TPSA) is 95.9 Å². The third-order valence-corrected chi connectivity index (χ3v) is 11.6. The Balaban J connectivity index is 4.69. The van der Waals surface area contributed by atoms with E-state index in [4.69, 9.17) is 4.74 Å². The molecule has 0 radical (unpaired) electrons. The minimum absolute atomic E-state index is 0.0470. The summed E-state index contributed by atoms with van der Waals surface area (Å²) >= 11 is 0. The van der Waals surface area contributed by atoms with Crippen molar-refractivity contribution >= 4 is 11.9 Å². The highest BCUT2D eigenvalue weighted by Crippen LogP contribution is 2.17. The summed E-state index contributed by atoms with van der Waals surface area (Å²) in [6.45, 7) is 6.34. The van der Waals surface area contributed by atoms with Crippen LogP contribution < -0.4 is 5.32 Å². The fraction of sp³-hybridized carbons (Fsp3) is 0.750. The molecular weight excluding hydrogens is 767 g/mol.